The van der Waals surface area contributed by atoms with E-state index in [1.807, 2.05) is 0 Å². The van der Waals surface area contributed by atoms with Gasteiger partial charge >= 0.3 is 0 Å². The van der Waals surface area contributed by atoms with Crippen molar-refractivity contribution in [3.8, 4) is 0 Å². The third-order valence-corrected chi connectivity index (χ3v) is 4.80. The van der Waals surface area contributed by atoms with Crippen molar-refractivity contribution in [3.05, 3.63) is 94.7 Å². The summed E-state index contributed by atoms with van der Waals surface area (Å²) in [6.07, 6.45) is 4.81. The van der Waals surface area contributed by atoms with Crippen molar-refractivity contribution in [1.82, 2.24) is 9.80 Å². The maximum atomic E-state index is 12.6. The van der Waals surface area contributed by atoms with Crippen molar-refractivity contribution in [2.45, 2.75) is 6.92 Å². The van der Waals surface area contributed by atoms with Crippen LogP contribution >= 0.6 is 0 Å². The van der Waals surface area contributed by atoms with Gasteiger partial charge in [-0.05, 0) is 37.3 Å². The van der Waals surface area contributed by atoms with Crippen molar-refractivity contribution in [1.29, 1.82) is 0 Å². The number of hydrogen-bond acceptors (Lipinski definition) is 4. The zero-order chi connectivity index (χ0) is 19.8. The fourth-order valence-corrected chi connectivity index (χ4v) is 3.41. The van der Waals surface area contributed by atoms with Gasteiger partial charge in [0.25, 0.3) is 23.6 Å². The summed E-state index contributed by atoms with van der Waals surface area (Å²) in [5, 5.41) is 0. The van der Waals surface area contributed by atoms with Crippen LogP contribution in [0.2, 0.25) is 0 Å². The Morgan fingerprint density at radius 1 is 0.750 bits per heavy atom. The van der Waals surface area contributed by atoms with Gasteiger partial charge in [0.1, 0.15) is 0 Å². The van der Waals surface area contributed by atoms with E-state index >= 15 is 0 Å². The molecule has 2 aliphatic heterocycles. The van der Waals surface area contributed by atoms with E-state index in [2.05, 4.69) is 0 Å². The first-order valence-electron chi connectivity index (χ1n) is 8.80. The maximum absolute atomic E-state index is 12.6. The molecule has 2 aliphatic rings. The molecular formula is C22H16N2O4. The highest BCUT2D eigenvalue weighted by atomic mass is 16.2. The molecule has 0 atom stereocenters. The molecule has 138 valence electrons. The largest absolute Gasteiger partial charge is 0.270 e. The van der Waals surface area contributed by atoms with E-state index in [0.29, 0.717) is 28.0 Å². The Hall–Kier alpha value is -3.80. The molecule has 0 saturated heterocycles. The molecule has 28 heavy (non-hydrogen) atoms. The molecule has 0 aromatic heterocycles. The molecule has 4 amide bonds. The predicted molar refractivity (Wildman–Crippen MR) is 102 cm³/mol. The van der Waals surface area contributed by atoms with Crippen molar-refractivity contribution < 1.29 is 19.2 Å². The fraction of sp³-hybridized carbons (Fsp3) is 0.0909. The molecule has 6 nitrogen and oxygen atoms in total. The number of allylic oxidation sites excluding steroid dienone is 2. The molecule has 0 unspecified atom stereocenters. The Labute approximate surface area is 161 Å². The van der Waals surface area contributed by atoms with Crippen LogP contribution in [0.15, 0.2) is 72.5 Å². The molecule has 2 aromatic carbocycles. The first-order valence-corrected chi connectivity index (χ1v) is 8.80. The molecule has 0 N–H and O–H groups in total. The third kappa shape index (κ3) is 2.58. The second-order valence-electron chi connectivity index (χ2n) is 6.37. The molecule has 0 saturated carbocycles. The van der Waals surface area contributed by atoms with Gasteiger partial charge in [0.05, 0.1) is 22.3 Å². The first-order chi connectivity index (χ1) is 13.5. The molecule has 0 bridgehead atoms. The average Bonchev–Trinajstić information content (AvgIpc) is 3.12. The van der Waals surface area contributed by atoms with Gasteiger partial charge in [-0.2, -0.15) is 0 Å². The summed E-state index contributed by atoms with van der Waals surface area (Å²) in [5.41, 5.74) is 1.88. The zero-order valence-electron chi connectivity index (χ0n) is 15.1. The minimum Gasteiger partial charge on any atom is -0.270 e. The summed E-state index contributed by atoms with van der Waals surface area (Å²) in [5.74, 6) is -1.49. The lowest BCUT2D eigenvalue weighted by molar-refractivity contribution is 0.0663. The molecule has 4 rings (SSSR count). The van der Waals surface area contributed by atoms with E-state index in [4.69, 9.17) is 0 Å². The second-order valence-corrected chi connectivity index (χ2v) is 6.37. The smallest absolute Gasteiger partial charge is 0.266 e. The monoisotopic (exact) mass is 372 g/mol. The van der Waals surface area contributed by atoms with Gasteiger partial charge < -0.3 is 0 Å². The molecule has 0 radical (unpaired) electrons. The molecule has 0 aliphatic carbocycles. The molecule has 2 heterocycles. The van der Waals surface area contributed by atoms with E-state index in [9.17, 15) is 19.2 Å². The van der Waals surface area contributed by atoms with Gasteiger partial charge in [-0.3, -0.25) is 24.1 Å². The summed E-state index contributed by atoms with van der Waals surface area (Å²) in [7, 11) is 0. The highest BCUT2D eigenvalue weighted by Crippen LogP contribution is 2.27. The van der Waals surface area contributed by atoms with Crippen LogP contribution < -0.4 is 0 Å². The molecular weight excluding hydrogens is 356 g/mol. The summed E-state index contributed by atoms with van der Waals surface area (Å²) in [4.78, 5) is 52.2. The maximum Gasteiger partial charge on any atom is 0.266 e. The van der Waals surface area contributed by atoms with Gasteiger partial charge in [0.2, 0.25) is 0 Å². The van der Waals surface area contributed by atoms with E-state index < -0.39 is 0 Å². The number of hydrogen-bond donors (Lipinski definition) is 0. The number of fused-ring (bicyclic) bond motifs is 2. The standard InChI is InChI=1S/C22H16N2O4/c1-2-14(24-21(27)17-11-5-6-12-18(17)22(24)28)8-7-13-23-19(25)15-9-3-4-10-16(15)20(23)26/h2-12H,13H2,1H3/b8-7-,14-2+. The lowest BCUT2D eigenvalue weighted by atomic mass is 10.1. The number of amides is 4. The van der Waals surface area contributed by atoms with Crippen molar-refractivity contribution in [2.24, 2.45) is 0 Å². The van der Waals surface area contributed by atoms with Crippen LogP contribution in [0.5, 0.6) is 0 Å². The summed E-state index contributed by atoms with van der Waals surface area (Å²) < 4.78 is 0. The molecule has 0 fully saturated rings. The molecule has 0 spiro atoms. The minimum atomic E-state index is -0.390. The Bertz CT molecular complexity index is 1030. The minimum absolute atomic E-state index is 0.0485. The Morgan fingerprint density at radius 3 is 1.61 bits per heavy atom. The van der Waals surface area contributed by atoms with Gasteiger partial charge in [0.15, 0.2) is 0 Å². The van der Waals surface area contributed by atoms with E-state index in [1.165, 1.54) is 0 Å². The first kappa shape index (κ1) is 17.6. The Morgan fingerprint density at radius 2 is 1.18 bits per heavy atom. The zero-order valence-corrected chi connectivity index (χ0v) is 15.1. The molecule has 2 aromatic rings. The van der Waals surface area contributed by atoms with Crippen molar-refractivity contribution >= 4 is 23.6 Å². The van der Waals surface area contributed by atoms with Gasteiger partial charge in [-0.15, -0.1) is 0 Å². The van der Waals surface area contributed by atoms with Crippen molar-refractivity contribution in [2.75, 3.05) is 6.54 Å². The van der Waals surface area contributed by atoms with E-state index in [0.717, 1.165) is 9.80 Å². The van der Waals surface area contributed by atoms with Gasteiger partial charge in [-0.1, -0.05) is 36.4 Å². The quantitative estimate of drug-likeness (QED) is 0.611. The third-order valence-electron chi connectivity index (χ3n) is 4.80. The average molecular weight is 372 g/mol. The topological polar surface area (TPSA) is 74.8 Å². The summed E-state index contributed by atoms with van der Waals surface area (Å²) >= 11 is 0. The molecule has 6 heteroatoms. The van der Waals surface area contributed by atoms with Crippen LogP contribution in [0, 0.1) is 0 Å². The van der Waals surface area contributed by atoms with Crippen LogP contribution in [-0.4, -0.2) is 40.0 Å². The Balaban J connectivity index is 1.53. The summed E-state index contributed by atoms with van der Waals surface area (Å²) in [6.45, 7) is 1.76. The number of benzene rings is 2. The SMILES string of the molecule is C/C=C(\C=C/CN1C(=O)c2ccccc2C1=O)N1C(=O)c2ccccc2C1=O. The number of rotatable bonds is 4. The van der Waals surface area contributed by atoms with Crippen LogP contribution in [-0.2, 0) is 0 Å². The van der Waals surface area contributed by atoms with Crippen LogP contribution in [0.1, 0.15) is 48.4 Å². The van der Waals surface area contributed by atoms with Crippen LogP contribution in [0.4, 0.5) is 0 Å². The van der Waals surface area contributed by atoms with Crippen LogP contribution in [0.25, 0.3) is 0 Å². The van der Waals surface area contributed by atoms with Gasteiger partial charge in [0, 0.05) is 12.2 Å². The number of imide groups is 2. The fourth-order valence-electron chi connectivity index (χ4n) is 3.41. The predicted octanol–water partition coefficient (Wildman–Crippen LogP) is 3.04. The lowest BCUT2D eigenvalue weighted by Gasteiger charge is -2.15. The van der Waals surface area contributed by atoms with E-state index in [1.54, 1.807) is 73.7 Å². The number of nitrogens with zero attached hydrogens (tertiary/aromatic N) is 2. The van der Waals surface area contributed by atoms with Crippen LogP contribution in [0.3, 0.4) is 0 Å². The number of carbonyl (C=O) groups is 4. The van der Waals surface area contributed by atoms with Gasteiger partial charge in [-0.25, -0.2) is 4.90 Å². The van der Waals surface area contributed by atoms with E-state index in [-0.39, 0.29) is 30.2 Å². The number of carbonyl (C=O) groups excluding carboxylic acids is 4. The highest BCUT2D eigenvalue weighted by Gasteiger charge is 2.37. The normalized spacial score (nSPS) is 16.4. The second kappa shape index (κ2) is 6.74. The Kier molecular flexibility index (Phi) is 4.24. The lowest BCUT2D eigenvalue weighted by Crippen LogP contribution is -2.30. The van der Waals surface area contributed by atoms with Crippen molar-refractivity contribution in [3.63, 3.8) is 0 Å². The summed E-state index contributed by atoms with van der Waals surface area (Å²) in [6, 6.07) is 13.3. The highest BCUT2D eigenvalue weighted by molar-refractivity contribution is 6.23.